The molecule has 0 bridgehead atoms. The second kappa shape index (κ2) is 5.46. The van der Waals surface area contributed by atoms with E-state index in [9.17, 15) is 14.7 Å². The molecular formula is C19H22O4Si. The Bertz CT molecular complexity index is 980. The van der Waals surface area contributed by atoms with E-state index in [1.165, 1.54) is 12.1 Å². The molecule has 0 saturated heterocycles. The van der Waals surface area contributed by atoms with E-state index in [1.54, 1.807) is 12.1 Å². The summed E-state index contributed by atoms with van der Waals surface area (Å²) in [6.07, 6.45) is 0.709. The van der Waals surface area contributed by atoms with Gasteiger partial charge < -0.3 is 14.3 Å². The molecule has 5 heteroatoms. The number of fused-ring (bicyclic) bond motifs is 2. The second-order valence-corrected chi connectivity index (χ2v) is 12.0. The minimum atomic E-state index is -2.32. The van der Waals surface area contributed by atoms with Gasteiger partial charge in [-0.25, -0.2) is 0 Å². The summed E-state index contributed by atoms with van der Waals surface area (Å²) in [5.41, 5.74) is 1.79. The van der Waals surface area contributed by atoms with Gasteiger partial charge in [-0.2, -0.15) is 0 Å². The van der Waals surface area contributed by atoms with E-state index in [-0.39, 0.29) is 16.2 Å². The highest BCUT2D eigenvalue weighted by molar-refractivity contribution is 6.72. The van der Waals surface area contributed by atoms with Gasteiger partial charge in [0.2, 0.25) is 5.43 Å². The maximum absolute atomic E-state index is 12.6. The van der Waals surface area contributed by atoms with Crippen LogP contribution in [0, 0.1) is 0 Å². The number of hydrogen-bond donors (Lipinski definition) is 2. The van der Waals surface area contributed by atoms with Gasteiger partial charge in [0.05, 0.1) is 10.8 Å². The Kier molecular flexibility index (Phi) is 3.81. The fourth-order valence-corrected chi connectivity index (χ4v) is 3.36. The molecule has 0 unspecified atom stereocenters. The zero-order valence-corrected chi connectivity index (χ0v) is 15.4. The molecule has 2 aromatic carbocycles. The molecule has 24 heavy (non-hydrogen) atoms. The van der Waals surface area contributed by atoms with E-state index in [0.717, 1.165) is 5.56 Å². The summed E-state index contributed by atoms with van der Waals surface area (Å²) >= 11 is 0. The van der Waals surface area contributed by atoms with Crippen LogP contribution in [0.2, 0.25) is 18.1 Å². The SMILES string of the molecule is CC(C)(Cc1ccc2c(=O)c3ccc(O)cc3oc2c1)[Si](C)(C)O. The van der Waals surface area contributed by atoms with E-state index in [1.807, 2.05) is 25.2 Å². The molecule has 0 radical (unpaired) electrons. The Morgan fingerprint density at radius 3 is 2.25 bits per heavy atom. The van der Waals surface area contributed by atoms with Crippen LogP contribution in [-0.4, -0.2) is 18.2 Å². The average Bonchev–Trinajstić information content (AvgIpc) is 2.45. The number of rotatable bonds is 3. The molecule has 3 aromatic rings. The highest BCUT2D eigenvalue weighted by Gasteiger charge is 2.37. The molecular weight excluding hydrogens is 320 g/mol. The maximum atomic E-state index is 12.6. The predicted molar refractivity (Wildman–Crippen MR) is 99.1 cm³/mol. The van der Waals surface area contributed by atoms with Gasteiger partial charge in [0.15, 0.2) is 8.32 Å². The summed E-state index contributed by atoms with van der Waals surface area (Å²) < 4.78 is 5.84. The standard InChI is InChI=1S/C19H22O4Si/c1-19(2,24(3,4)22)11-12-5-7-14-16(9-12)23-17-10-13(20)6-8-15(17)18(14)21/h5-10,20,22H,11H2,1-4H3. The van der Waals surface area contributed by atoms with Crippen molar-refractivity contribution in [2.75, 3.05) is 0 Å². The summed E-state index contributed by atoms with van der Waals surface area (Å²) in [7, 11) is -2.32. The highest BCUT2D eigenvalue weighted by atomic mass is 28.4. The lowest BCUT2D eigenvalue weighted by molar-refractivity contribution is 0.467. The quantitative estimate of drug-likeness (QED) is 0.553. The molecule has 4 nitrogen and oxygen atoms in total. The number of hydrogen-bond acceptors (Lipinski definition) is 4. The van der Waals surface area contributed by atoms with Crippen molar-refractivity contribution in [2.45, 2.75) is 38.4 Å². The van der Waals surface area contributed by atoms with Crippen molar-refractivity contribution >= 4 is 30.3 Å². The molecule has 3 rings (SSSR count). The van der Waals surface area contributed by atoms with Crippen LogP contribution >= 0.6 is 0 Å². The topological polar surface area (TPSA) is 70.7 Å². The minimum Gasteiger partial charge on any atom is -0.508 e. The highest BCUT2D eigenvalue weighted by Crippen LogP contribution is 2.39. The normalized spacial score (nSPS) is 12.9. The Morgan fingerprint density at radius 1 is 1.04 bits per heavy atom. The van der Waals surface area contributed by atoms with E-state index in [0.29, 0.717) is 28.4 Å². The molecule has 0 aliphatic carbocycles. The molecule has 0 spiro atoms. The Hall–Kier alpha value is -2.11. The van der Waals surface area contributed by atoms with E-state index in [4.69, 9.17) is 4.42 Å². The molecule has 0 aliphatic rings. The van der Waals surface area contributed by atoms with Crippen molar-refractivity contribution in [3.63, 3.8) is 0 Å². The van der Waals surface area contributed by atoms with Crippen LogP contribution in [0.25, 0.3) is 21.9 Å². The largest absolute Gasteiger partial charge is 0.508 e. The zero-order valence-electron chi connectivity index (χ0n) is 14.4. The maximum Gasteiger partial charge on any atom is 0.200 e. The van der Waals surface area contributed by atoms with Crippen LogP contribution in [-0.2, 0) is 6.42 Å². The van der Waals surface area contributed by atoms with Crippen molar-refractivity contribution in [1.82, 2.24) is 0 Å². The summed E-state index contributed by atoms with van der Waals surface area (Å²) in [4.78, 5) is 23.1. The lowest BCUT2D eigenvalue weighted by Crippen LogP contribution is -2.40. The van der Waals surface area contributed by atoms with Gasteiger partial charge in [0.1, 0.15) is 16.9 Å². The van der Waals surface area contributed by atoms with E-state index in [2.05, 4.69) is 13.8 Å². The molecule has 0 saturated carbocycles. The number of phenols is 1. The first-order valence-electron chi connectivity index (χ1n) is 7.99. The van der Waals surface area contributed by atoms with Crippen LogP contribution in [0.4, 0.5) is 0 Å². The van der Waals surface area contributed by atoms with Crippen molar-refractivity contribution in [3.8, 4) is 5.75 Å². The fraction of sp³-hybridized carbons (Fsp3) is 0.316. The van der Waals surface area contributed by atoms with Crippen LogP contribution in [0.5, 0.6) is 5.75 Å². The van der Waals surface area contributed by atoms with Crippen LogP contribution in [0.3, 0.4) is 0 Å². The van der Waals surface area contributed by atoms with Crippen molar-refractivity contribution in [2.24, 2.45) is 0 Å². The predicted octanol–water partition coefficient (Wildman–Crippen LogP) is 4.17. The number of benzene rings is 2. The molecule has 2 N–H and O–H groups in total. The van der Waals surface area contributed by atoms with Crippen molar-refractivity contribution in [1.29, 1.82) is 0 Å². The number of aromatic hydroxyl groups is 1. The van der Waals surface area contributed by atoms with Gasteiger partial charge in [-0.3, -0.25) is 4.79 Å². The van der Waals surface area contributed by atoms with E-state index >= 15 is 0 Å². The first kappa shape index (κ1) is 16.7. The summed E-state index contributed by atoms with van der Waals surface area (Å²) in [5.74, 6) is 0.0651. The minimum absolute atomic E-state index is 0.0651. The van der Waals surface area contributed by atoms with Crippen molar-refractivity contribution < 1.29 is 14.3 Å². The Labute approximate surface area is 141 Å². The smallest absolute Gasteiger partial charge is 0.200 e. The van der Waals surface area contributed by atoms with E-state index < -0.39 is 8.32 Å². The third kappa shape index (κ3) is 2.85. The molecule has 0 amide bonds. The lowest BCUT2D eigenvalue weighted by Gasteiger charge is -2.35. The molecule has 0 aliphatic heterocycles. The second-order valence-electron chi connectivity index (χ2n) is 7.56. The third-order valence-electron chi connectivity index (χ3n) is 5.02. The zero-order chi connectivity index (χ0) is 17.7. The summed E-state index contributed by atoms with van der Waals surface area (Å²) in [6, 6.07) is 10.1. The summed E-state index contributed by atoms with van der Waals surface area (Å²) in [5, 5.41) is 10.4. The summed E-state index contributed by atoms with van der Waals surface area (Å²) in [6.45, 7) is 8.00. The Morgan fingerprint density at radius 2 is 1.62 bits per heavy atom. The monoisotopic (exact) mass is 342 g/mol. The first-order chi connectivity index (χ1) is 11.1. The number of phenolic OH excluding ortho intramolecular Hbond substituents is 1. The van der Waals surface area contributed by atoms with Crippen LogP contribution in [0.1, 0.15) is 19.4 Å². The molecule has 0 atom stereocenters. The third-order valence-corrected chi connectivity index (χ3v) is 8.51. The molecule has 126 valence electrons. The van der Waals surface area contributed by atoms with Gasteiger partial charge in [-0.1, -0.05) is 19.9 Å². The first-order valence-corrected chi connectivity index (χ1v) is 10.9. The molecule has 1 heterocycles. The Balaban J connectivity index is 2.15. The molecule has 1 aromatic heterocycles. The van der Waals surface area contributed by atoms with Gasteiger partial charge >= 0.3 is 0 Å². The van der Waals surface area contributed by atoms with Gasteiger partial charge in [0, 0.05) is 6.07 Å². The average molecular weight is 342 g/mol. The van der Waals surface area contributed by atoms with Crippen LogP contribution in [0.15, 0.2) is 45.6 Å². The lowest BCUT2D eigenvalue weighted by atomic mass is 10.0. The van der Waals surface area contributed by atoms with Gasteiger partial charge in [-0.15, -0.1) is 0 Å². The molecule has 0 fully saturated rings. The van der Waals surface area contributed by atoms with Gasteiger partial charge in [0.25, 0.3) is 0 Å². The van der Waals surface area contributed by atoms with Gasteiger partial charge in [-0.05, 0) is 54.4 Å². The van der Waals surface area contributed by atoms with Crippen LogP contribution < -0.4 is 5.43 Å². The fourth-order valence-electron chi connectivity index (χ4n) is 2.72. The van der Waals surface area contributed by atoms with Crippen molar-refractivity contribution in [3.05, 3.63) is 52.2 Å².